The number of carboxylic acid groups (broad SMARTS) is 1. The Hall–Kier alpha value is -2.02. The number of nitro groups is 1. The predicted octanol–water partition coefficient (Wildman–Crippen LogP) is 2.03. The molecule has 108 valence electrons. The molecule has 0 saturated carbocycles. The Bertz CT molecular complexity index is 549. The maximum Gasteiger partial charge on any atom is 0.308 e. The number of likely N-dealkylation sites (tertiary alicyclic amines) is 1. The van der Waals surface area contributed by atoms with E-state index in [2.05, 4.69) is 0 Å². The lowest BCUT2D eigenvalue weighted by molar-refractivity contribution is -0.387. The SMILES string of the molecule is CC1C(C(=O)O)CCN1Cc1cccc([N+](=O)[O-])c1F. The van der Waals surface area contributed by atoms with Crippen LogP contribution in [0, 0.1) is 21.8 Å². The van der Waals surface area contributed by atoms with Crippen LogP contribution in [0.3, 0.4) is 0 Å². The molecule has 0 radical (unpaired) electrons. The van der Waals surface area contributed by atoms with Crippen LogP contribution in [0.25, 0.3) is 0 Å². The Labute approximate surface area is 115 Å². The highest BCUT2D eigenvalue weighted by atomic mass is 19.1. The van der Waals surface area contributed by atoms with Gasteiger partial charge in [0.05, 0.1) is 10.8 Å². The molecule has 7 heteroatoms. The lowest BCUT2D eigenvalue weighted by Crippen LogP contribution is -2.32. The van der Waals surface area contributed by atoms with Gasteiger partial charge in [-0.05, 0) is 19.9 Å². The minimum atomic E-state index is -0.862. The average molecular weight is 282 g/mol. The molecule has 0 aromatic heterocycles. The minimum absolute atomic E-state index is 0.179. The van der Waals surface area contributed by atoms with Gasteiger partial charge in [-0.1, -0.05) is 12.1 Å². The van der Waals surface area contributed by atoms with Gasteiger partial charge in [-0.2, -0.15) is 4.39 Å². The molecule has 2 rings (SSSR count). The van der Waals surface area contributed by atoms with Crippen molar-refractivity contribution in [2.24, 2.45) is 5.92 Å². The summed E-state index contributed by atoms with van der Waals surface area (Å²) in [5.41, 5.74) is -0.332. The van der Waals surface area contributed by atoms with Crippen molar-refractivity contribution in [3.63, 3.8) is 0 Å². The van der Waals surface area contributed by atoms with Crippen LogP contribution in [0.5, 0.6) is 0 Å². The molecule has 0 spiro atoms. The van der Waals surface area contributed by atoms with Gasteiger partial charge < -0.3 is 5.11 Å². The lowest BCUT2D eigenvalue weighted by atomic mass is 10.0. The van der Waals surface area contributed by atoms with Gasteiger partial charge in [-0.15, -0.1) is 0 Å². The number of hydrogen-bond acceptors (Lipinski definition) is 4. The summed E-state index contributed by atoms with van der Waals surface area (Å²) in [5.74, 6) is -2.18. The van der Waals surface area contributed by atoms with Gasteiger partial charge in [-0.3, -0.25) is 19.8 Å². The van der Waals surface area contributed by atoms with E-state index in [-0.39, 0.29) is 18.2 Å². The Morgan fingerprint density at radius 1 is 1.60 bits per heavy atom. The molecule has 0 amide bonds. The molecule has 2 atom stereocenters. The summed E-state index contributed by atoms with van der Waals surface area (Å²) in [4.78, 5) is 22.8. The van der Waals surface area contributed by atoms with Crippen LogP contribution < -0.4 is 0 Å². The fourth-order valence-electron chi connectivity index (χ4n) is 2.61. The van der Waals surface area contributed by atoms with E-state index >= 15 is 0 Å². The molecular formula is C13H15FN2O4. The fraction of sp³-hybridized carbons (Fsp3) is 0.462. The van der Waals surface area contributed by atoms with E-state index in [0.717, 1.165) is 6.07 Å². The van der Waals surface area contributed by atoms with E-state index in [1.54, 1.807) is 6.92 Å². The summed E-state index contributed by atoms with van der Waals surface area (Å²) in [5, 5.41) is 19.7. The molecule has 1 aromatic rings. The molecule has 1 aliphatic rings. The highest BCUT2D eigenvalue weighted by molar-refractivity contribution is 5.71. The zero-order valence-electron chi connectivity index (χ0n) is 11.0. The first-order valence-corrected chi connectivity index (χ1v) is 6.30. The second-order valence-electron chi connectivity index (χ2n) is 4.95. The van der Waals surface area contributed by atoms with Gasteiger partial charge in [0.25, 0.3) is 0 Å². The number of aliphatic carboxylic acids is 1. The van der Waals surface area contributed by atoms with Gasteiger partial charge in [0, 0.05) is 24.2 Å². The molecule has 1 heterocycles. The molecule has 1 aliphatic heterocycles. The maximum absolute atomic E-state index is 14.0. The average Bonchev–Trinajstić information content (AvgIpc) is 2.73. The number of rotatable bonds is 4. The van der Waals surface area contributed by atoms with Crippen molar-refractivity contribution in [3.8, 4) is 0 Å². The molecule has 20 heavy (non-hydrogen) atoms. The molecule has 1 N–H and O–H groups in total. The monoisotopic (exact) mass is 282 g/mol. The molecule has 1 saturated heterocycles. The topological polar surface area (TPSA) is 83.7 Å². The van der Waals surface area contributed by atoms with E-state index in [4.69, 9.17) is 5.11 Å². The number of hydrogen-bond donors (Lipinski definition) is 1. The molecule has 2 unspecified atom stereocenters. The van der Waals surface area contributed by atoms with Crippen molar-refractivity contribution >= 4 is 11.7 Å². The standard InChI is InChI=1S/C13H15FN2O4/c1-8-10(13(17)18)5-6-15(8)7-9-3-2-4-11(12(9)14)16(19)20/h2-4,8,10H,5-7H2,1H3,(H,17,18). The largest absolute Gasteiger partial charge is 0.481 e. The molecule has 6 nitrogen and oxygen atoms in total. The van der Waals surface area contributed by atoms with Crippen LogP contribution in [0.15, 0.2) is 18.2 Å². The van der Waals surface area contributed by atoms with E-state index in [0.29, 0.717) is 13.0 Å². The molecule has 1 fully saturated rings. The third kappa shape index (κ3) is 2.62. The zero-order chi connectivity index (χ0) is 14.9. The van der Waals surface area contributed by atoms with Crippen LogP contribution in [-0.4, -0.2) is 33.5 Å². The quantitative estimate of drug-likeness (QED) is 0.674. The first-order valence-electron chi connectivity index (χ1n) is 6.30. The van der Waals surface area contributed by atoms with Crippen LogP contribution in [0.1, 0.15) is 18.9 Å². The first kappa shape index (κ1) is 14.4. The van der Waals surface area contributed by atoms with E-state index in [1.165, 1.54) is 12.1 Å². The molecular weight excluding hydrogens is 267 g/mol. The van der Waals surface area contributed by atoms with E-state index < -0.39 is 28.3 Å². The first-order chi connectivity index (χ1) is 9.41. The minimum Gasteiger partial charge on any atom is -0.481 e. The van der Waals surface area contributed by atoms with Crippen LogP contribution in [-0.2, 0) is 11.3 Å². The highest BCUT2D eigenvalue weighted by Crippen LogP contribution is 2.28. The summed E-state index contributed by atoms with van der Waals surface area (Å²) in [7, 11) is 0. The van der Waals surface area contributed by atoms with Crippen LogP contribution >= 0.6 is 0 Å². The summed E-state index contributed by atoms with van der Waals surface area (Å²) in [6, 6.07) is 3.83. The third-order valence-corrected chi connectivity index (χ3v) is 3.83. The van der Waals surface area contributed by atoms with Crippen molar-refractivity contribution in [2.75, 3.05) is 6.54 Å². The zero-order valence-corrected chi connectivity index (χ0v) is 11.0. The Kier molecular flexibility index (Phi) is 3.99. The second-order valence-corrected chi connectivity index (χ2v) is 4.95. The van der Waals surface area contributed by atoms with E-state index in [1.807, 2.05) is 4.90 Å². The number of carboxylic acids is 1. The van der Waals surface area contributed by atoms with Crippen molar-refractivity contribution in [3.05, 3.63) is 39.7 Å². The Morgan fingerprint density at radius 3 is 2.85 bits per heavy atom. The number of benzene rings is 1. The van der Waals surface area contributed by atoms with Gasteiger partial charge in [0.2, 0.25) is 5.82 Å². The normalized spacial score (nSPS) is 22.9. The van der Waals surface area contributed by atoms with Gasteiger partial charge in [0.1, 0.15) is 0 Å². The third-order valence-electron chi connectivity index (χ3n) is 3.83. The van der Waals surface area contributed by atoms with Gasteiger partial charge in [-0.25, -0.2) is 0 Å². The molecule has 1 aromatic carbocycles. The number of carbonyl (C=O) groups is 1. The van der Waals surface area contributed by atoms with Crippen molar-refractivity contribution in [1.29, 1.82) is 0 Å². The van der Waals surface area contributed by atoms with Crippen LogP contribution in [0.2, 0.25) is 0 Å². The van der Waals surface area contributed by atoms with Crippen LogP contribution in [0.4, 0.5) is 10.1 Å². The smallest absolute Gasteiger partial charge is 0.308 e. The van der Waals surface area contributed by atoms with Crippen molar-refractivity contribution in [2.45, 2.75) is 25.9 Å². The summed E-state index contributed by atoms with van der Waals surface area (Å²) < 4.78 is 14.0. The van der Waals surface area contributed by atoms with E-state index in [9.17, 15) is 19.3 Å². The maximum atomic E-state index is 14.0. The summed E-state index contributed by atoms with van der Waals surface area (Å²) in [6.45, 7) is 2.50. The summed E-state index contributed by atoms with van der Waals surface area (Å²) >= 11 is 0. The molecule has 0 bridgehead atoms. The highest BCUT2D eigenvalue weighted by Gasteiger charge is 2.36. The summed E-state index contributed by atoms with van der Waals surface area (Å²) in [6.07, 6.45) is 0.507. The van der Waals surface area contributed by atoms with Gasteiger partial charge >= 0.3 is 11.7 Å². The lowest BCUT2D eigenvalue weighted by Gasteiger charge is -2.23. The fourth-order valence-corrected chi connectivity index (χ4v) is 2.61. The molecule has 0 aliphatic carbocycles. The van der Waals surface area contributed by atoms with Crippen molar-refractivity contribution in [1.82, 2.24) is 4.90 Å². The van der Waals surface area contributed by atoms with Gasteiger partial charge in [0.15, 0.2) is 0 Å². The Balaban J connectivity index is 2.17. The Morgan fingerprint density at radius 2 is 2.30 bits per heavy atom. The predicted molar refractivity (Wildman–Crippen MR) is 68.7 cm³/mol. The number of nitro benzene ring substituents is 1. The van der Waals surface area contributed by atoms with Crippen molar-refractivity contribution < 1.29 is 19.2 Å². The second kappa shape index (κ2) is 5.54. The number of halogens is 1. The number of nitrogens with zero attached hydrogens (tertiary/aromatic N) is 2.